The first-order valence-electron chi connectivity index (χ1n) is 9.98. The van der Waals surface area contributed by atoms with Crippen LogP contribution in [0.1, 0.15) is 46.2 Å². The van der Waals surface area contributed by atoms with Gasteiger partial charge in [0.15, 0.2) is 5.69 Å². The maximum absolute atomic E-state index is 12.8. The third-order valence-electron chi connectivity index (χ3n) is 5.41. The van der Waals surface area contributed by atoms with E-state index in [1.165, 1.54) is 11.3 Å². The Morgan fingerprint density at radius 1 is 1.07 bits per heavy atom. The molecule has 0 saturated carbocycles. The predicted octanol–water partition coefficient (Wildman–Crippen LogP) is 3.48. The lowest BCUT2D eigenvalue weighted by atomic mass is 10.1. The van der Waals surface area contributed by atoms with Crippen LogP contribution in [0.3, 0.4) is 0 Å². The molecule has 3 N–H and O–H groups in total. The van der Waals surface area contributed by atoms with E-state index in [1.54, 1.807) is 0 Å². The molecule has 0 radical (unpaired) electrons. The first kappa shape index (κ1) is 18.3. The number of anilines is 1. The Kier molecular flexibility index (Phi) is 5.15. The Labute approximate surface area is 165 Å². The molecule has 144 valence electrons. The molecule has 1 amide bonds. The zero-order valence-electron chi connectivity index (χ0n) is 16.2. The molecule has 0 bridgehead atoms. The molecule has 0 aliphatic heterocycles. The molecule has 2 aromatic carbocycles. The van der Waals surface area contributed by atoms with Gasteiger partial charge in [0.1, 0.15) is 0 Å². The zero-order valence-corrected chi connectivity index (χ0v) is 16.2. The van der Waals surface area contributed by atoms with Gasteiger partial charge in [0, 0.05) is 23.5 Å². The molecule has 5 nitrogen and oxygen atoms in total. The fourth-order valence-corrected chi connectivity index (χ4v) is 3.79. The topological polar surface area (TPSA) is 72.9 Å². The van der Waals surface area contributed by atoms with Gasteiger partial charge >= 0.3 is 0 Å². The monoisotopic (exact) mass is 374 g/mol. The number of rotatable bonds is 6. The summed E-state index contributed by atoms with van der Waals surface area (Å²) < 4.78 is 1.96. The zero-order chi connectivity index (χ0) is 19.5. The van der Waals surface area contributed by atoms with Crippen molar-refractivity contribution in [2.75, 3.05) is 12.3 Å². The average molecular weight is 374 g/mol. The van der Waals surface area contributed by atoms with Crippen LogP contribution in [0.5, 0.6) is 0 Å². The van der Waals surface area contributed by atoms with E-state index in [-0.39, 0.29) is 5.91 Å². The van der Waals surface area contributed by atoms with Gasteiger partial charge in [0.05, 0.1) is 5.69 Å². The number of fused-ring (bicyclic) bond motifs is 1. The smallest absolute Gasteiger partial charge is 0.272 e. The second-order valence-electron chi connectivity index (χ2n) is 7.31. The van der Waals surface area contributed by atoms with Crippen molar-refractivity contribution in [2.24, 2.45) is 0 Å². The lowest BCUT2D eigenvalue weighted by Crippen LogP contribution is -2.27. The molecule has 0 spiro atoms. The van der Waals surface area contributed by atoms with Gasteiger partial charge in [-0.25, -0.2) is 4.68 Å². The molecule has 1 aliphatic carbocycles. The minimum absolute atomic E-state index is 0.0856. The highest BCUT2D eigenvalue weighted by Gasteiger charge is 2.26. The summed E-state index contributed by atoms with van der Waals surface area (Å²) in [5, 5.41) is 7.71. The van der Waals surface area contributed by atoms with E-state index in [4.69, 9.17) is 5.73 Å². The van der Waals surface area contributed by atoms with Gasteiger partial charge in [0.25, 0.3) is 5.91 Å². The summed E-state index contributed by atoms with van der Waals surface area (Å²) in [5.74, 6) is -0.0856. The van der Waals surface area contributed by atoms with Crippen LogP contribution in [0.25, 0.3) is 5.69 Å². The van der Waals surface area contributed by atoms with Gasteiger partial charge in [-0.05, 0) is 67.5 Å². The SMILES string of the molecule is CCc1ccc(-n2nc(C(=O)NCCc3ccc(N)cc3)c3c2CCC3)cc1. The first-order valence-corrected chi connectivity index (χ1v) is 9.98. The van der Waals surface area contributed by atoms with Gasteiger partial charge in [-0.1, -0.05) is 31.2 Å². The van der Waals surface area contributed by atoms with Crippen LogP contribution < -0.4 is 11.1 Å². The van der Waals surface area contributed by atoms with Crippen molar-refractivity contribution >= 4 is 11.6 Å². The number of amides is 1. The Bertz CT molecular complexity index is 971. The third kappa shape index (κ3) is 3.65. The van der Waals surface area contributed by atoms with E-state index in [1.807, 2.05) is 28.9 Å². The molecule has 28 heavy (non-hydrogen) atoms. The van der Waals surface area contributed by atoms with Gasteiger partial charge in [-0.15, -0.1) is 0 Å². The first-order chi connectivity index (χ1) is 13.7. The number of carbonyl (C=O) groups excluding carboxylic acids is 1. The highest BCUT2D eigenvalue weighted by Crippen LogP contribution is 2.28. The summed E-state index contributed by atoms with van der Waals surface area (Å²) >= 11 is 0. The van der Waals surface area contributed by atoms with Crippen LogP contribution in [0.15, 0.2) is 48.5 Å². The molecular formula is C23H26N4O. The number of aryl methyl sites for hydroxylation is 1. The van der Waals surface area contributed by atoms with E-state index in [0.29, 0.717) is 12.2 Å². The number of hydrogen-bond donors (Lipinski definition) is 2. The van der Waals surface area contributed by atoms with Gasteiger partial charge in [-0.3, -0.25) is 4.79 Å². The summed E-state index contributed by atoms with van der Waals surface area (Å²) in [6.45, 7) is 2.73. The molecule has 1 aromatic heterocycles. The van der Waals surface area contributed by atoms with E-state index >= 15 is 0 Å². The number of nitrogens with one attached hydrogen (secondary N) is 1. The van der Waals surface area contributed by atoms with Crippen molar-refractivity contribution < 1.29 is 4.79 Å². The van der Waals surface area contributed by atoms with Crippen LogP contribution in [-0.2, 0) is 25.7 Å². The number of carbonyl (C=O) groups is 1. The third-order valence-corrected chi connectivity index (χ3v) is 5.41. The van der Waals surface area contributed by atoms with Crippen molar-refractivity contribution in [3.63, 3.8) is 0 Å². The Morgan fingerprint density at radius 3 is 2.50 bits per heavy atom. The highest BCUT2D eigenvalue weighted by atomic mass is 16.1. The standard InChI is InChI=1S/C23H26N4O/c1-2-16-8-12-19(13-9-16)27-21-5-3-4-20(21)22(26-27)23(28)25-15-14-17-6-10-18(24)11-7-17/h6-13H,2-5,14-15,24H2,1H3,(H,25,28). The maximum Gasteiger partial charge on any atom is 0.272 e. The summed E-state index contributed by atoms with van der Waals surface area (Å²) in [7, 11) is 0. The quantitative estimate of drug-likeness (QED) is 0.649. The molecule has 0 fully saturated rings. The second-order valence-corrected chi connectivity index (χ2v) is 7.31. The Morgan fingerprint density at radius 2 is 1.79 bits per heavy atom. The van der Waals surface area contributed by atoms with Gasteiger partial charge in [0.2, 0.25) is 0 Å². The van der Waals surface area contributed by atoms with Crippen LogP contribution in [0, 0.1) is 0 Å². The summed E-state index contributed by atoms with van der Waals surface area (Å²) in [6.07, 6.45) is 4.75. The normalized spacial score (nSPS) is 12.8. The molecule has 1 aliphatic rings. The van der Waals surface area contributed by atoms with Crippen molar-refractivity contribution in [1.82, 2.24) is 15.1 Å². The van der Waals surface area contributed by atoms with E-state index in [2.05, 4.69) is 41.6 Å². The molecule has 0 unspecified atom stereocenters. The fraction of sp³-hybridized carbons (Fsp3) is 0.304. The number of hydrogen-bond acceptors (Lipinski definition) is 3. The van der Waals surface area contributed by atoms with Crippen molar-refractivity contribution in [3.8, 4) is 5.69 Å². The maximum atomic E-state index is 12.8. The number of aromatic nitrogens is 2. The fourth-order valence-electron chi connectivity index (χ4n) is 3.79. The Balaban J connectivity index is 1.49. The molecule has 3 aromatic rings. The number of benzene rings is 2. The minimum Gasteiger partial charge on any atom is -0.399 e. The van der Waals surface area contributed by atoms with Crippen LogP contribution in [0.4, 0.5) is 5.69 Å². The molecule has 1 heterocycles. The lowest BCUT2D eigenvalue weighted by molar-refractivity contribution is 0.0948. The molecule has 5 heteroatoms. The highest BCUT2D eigenvalue weighted by molar-refractivity contribution is 5.94. The molecule has 0 saturated heterocycles. The molecule has 4 rings (SSSR count). The molecular weight excluding hydrogens is 348 g/mol. The largest absolute Gasteiger partial charge is 0.399 e. The van der Waals surface area contributed by atoms with Crippen LogP contribution >= 0.6 is 0 Å². The average Bonchev–Trinajstić information content (AvgIpc) is 3.32. The number of nitrogen functional groups attached to an aromatic ring is 1. The number of nitrogens with two attached hydrogens (primary N) is 1. The molecule has 0 atom stereocenters. The van der Waals surface area contributed by atoms with Crippen molar-refractivity contribution in [1.29, 1.82) is 0 Å². The summed E-state index contributed by atoms with van der Waals surface area (Å²) in [5.41, 5.74) is 12.8. The van der Waals surface area contributed by atoms with Gasteiger partial charge in [-0.2, -0.15) is 5.10 Å². The lowest BCUT2D eigenvalue weighted by Gasteiger charge is -2.07. The van der Waals surface area contributed by atoms with Crippen molar-refractivity contribution in [2.45, 2.75) is 39.0 Å². The minimum atomic E-state index is -0.0856. The summed E-state index contributed by atoms with van der Waals surface area (Å²) in [6, 6.07) is 16.2. The van der Waals surface area contributed by atoms with Crippen molar-refractivity contribution in [3.05, 3.63) is 76.6 Å². The van der Waals surface area contributed by atoms with E-state index in [0.717, 1.165) is 54.6 Å². The summed E-state index contributed by atoms with van der Waals surface area (Å²) in [4.78, 5) is 12.8. The van der Waals surface area contributed by atoms with E-state index < -0.39 is 0 Å². The number of nitrogens with zero attached hydrogens (tertiary/aromatic N) is 2. The Hall–Kier alpha value is -3.08. The predicted molar refractivity (Wildman–Crippen MR) is 112 cm³/mol. The van der Waals surface area contributed by atoms with E-state index in [9.17, 15) is 4.79 Å². The van der Waals surface area contributed by atoms with Gasteiger partial charge < -0.3 is 11.1 Å². The second kappa shape index (κ2) is 7.89. The van der Waals surface area contributed by atoms with Crippen LogP contribution in [-0.4, -0.2) is 22.2 Å². The van der Waals surface area contributed by atoms with Crippen LogP contribution in [0.2, 0.25) is 0 Å².